The fourth-order valence-electron chi connectivity index (χ4n) is 5.11. The van der Waals surface area contributed by atoms with Gasteiger partial charge < -0.3 is 29.5 Å². The summed E-state index contributed by atoms with van der Waals surface area (Å²) in [5.74, 6) is -12.1. The molecule has 0 aromatic heterocycles. The topological polar surface area (TPSA) is 191 Å². The lowest BCUT2D eigenvalue weighted by Gasteiger charge is -2.27. The van der Waals surface area contributed by atoms with E-state index in [0.717, 1.165) is 0 Å². The Morgan fingerprint density at radius 1 is 0.475 bits per heavy atom. The van der Waals surface area contributed by atoms with Gasteiger partial charge in [-0.05, 0) is 38.5 Å². The highest BCUT2D eigenvalue weighted by molar-refractivity contribution is 5.83. The van der Waals surface area contributed by atoms with Gasteiger partial charge in [0.2, 0.25) is 0 Å². The monoisotopic (exact) mass is 562 g/mol. The average molecular weight is 563 g/mol. The Hall–Kier alpha value is -3.96. The van der Waals surface area contributed by atoms with Gasteiger partial charge in [0.1, 0.15) is 19.8 Å². The molecule has 12 heteroatoms. The Balaban J connectivity index is 1.65. The summed E-state index contributed by atoms with van der Waals surface area (Å²) in [6.45, 7) is -1.11. The molecule has 0 bridgehead atoms. The first kappa shape index (κ1) is 30.6. The standard InChI is InChI=1S/C28H34O12/c29-23(30)17-7-1-4-10-20(17)26(35)38-13-16(14-39-27(36)21-11-5-2-8-18(21)24(31)32)15-40-28(37)22-12-6-3-9-19(22)25(33)34/h1-6,16-22H,7-15H2,(H,29,30)(H,31,32)(H,33,34). The first-order chi connectivity index (χ1) is 19.1. The highest BCUT2D eigenvalue weighted by Gasteiger charge is 2.38. The largest absolute Gasteiger partial charge is 0.481 e. The van der Waals surface area contributed by atoms with Crippen LogP contribution in [0.4, 0.5) is 0 Å². The third-order valence-corrected chi connectivity index (χ3v) is 7.54. The second-order valence-corrected chi connectivity index (χ2v) is 10.2. The predicted octanol–water partition coefficient (Wildman–Crippen LogP) is 2.23. The van der Waals surface area contributed by atoms with Gasteiger partial charge in [-0.2, -0.15) is 0 Å². The maximum atomic E-state index is 12.7. The van der Waals surface area contributed by atoms with Gasteiger partial charge in [0.15, 0.2) is 0 Å². The smallest absolute Gasteiger partial charge is 0.310 e. The summed E-state index contributed by atoms with van der Waals surface area (Å²) in [6, 6.07) is 0. The minimum absolute atomic E-state index is 0.176. The lowest BCUT2D eigenvalue weighted by Crippen LogP contribution is -2.37. The normalized spacial score (nSPS) is 28.2. The van der Waals surface area contributed by atoms with Gasteiger partial charge in [0.25, 0.3) is 0 Å². The van der Waals surface area contributed by atoms with Crippen molar-refractivity contribution in [2.24, 2.45) is 41.4 Å². The van der Waals surface area contributed by atoms with Gasteiger partial charge in [0, 0.05) is 0 Å². The highest BCUT2D eigenvalue weighted by Crippen LogP contribution is 2.30. The van der Waals surface area contributed by atoms with Crippen LogP contribution >= 0.6 is 0 Å². The number of hydrogen-bond donors (Lipinski definition) is 3. The van der Waals surface area contributed by atoms with Crippen LogP contribution in [0.5, 0.6) is 0 Å². The van der Waals surface area contributed by atoms with Crippen LogP contribution in [0.2, 0.25) is 0 Å². The number of rotatable bonds is 12. The minimum Gasteiger partial charge on any atom is -0.481 e. The molecule has 0 saturated carbocycles. The molecule has 0 heterocycles. The summed E-state index contributed by atoms with van der Waals surface area (Å²) >= 11 is 0. The zero-order valence-electron chi connectivity index (χ0n) is 21.9. The van der Waals surface area contributed by atoms with Crippen LogP contribution in [0.15, 0.2) is 36.5 Å². The Kier molecular flexibility index (Phi) is 11.0. The van der Waals surface area contributed by atoms with Crippen molar-refractivity contribution in [3.63, 3.8) is 0 Å². The maximum absolute atomic E-state index is 12.7. The summed E-state index contributed by atoms with van der Waals surface area (Å²) in [4.78, 5) is 72.9. The fraction of sp³-hybridized carbons (Fsp3) is 0.571. The first-order valence-electron chi connectivity index (χ1n) is 13.2. The lowest BCUT2D eigenvalue weighted by molar-refractivity contribution is -0.166. The number of carboxylic acids is 3. The molecule has 0 spiro atoms. The third-order valence-electron chi connectivity index (χ3n) is 7.54. The number of aliphatic carboxylic acids is 3. The molecule has 3 rings (SSSR count). The van der Waals surface area contributed by atoms with E-state index < -0.39 is 77.2 Å². The maximum Gasteiger partial charge on any atom is 0.310 e. The Morgan fingerprint density at radius 3 is 0.925 bits per heavy atom. The van der Waals surface area contributed by atoms with E-state index in [1.807, 2.05) is 0 Å². The molecular weight excluding hydrogens is 528 g/mol. The molecule has 3 N–H and O–H groups in total. The SMILES string of the molecule is O=C(O)C1CC=CCC1C(=O)OCC(COC(=O)C1CC=CCC1C(=O)O)COC(=O)C1CC=CCC1C(=O)O. The molecule has 218 valence electrons. The van der Waals surface area contributed by atoms with Crippen LogP contribution in [0.25, 0.3) is 0 Å². The molecule has 0 aromatic rings. The summed E-state index contributed by atoms with van der Waals surface area (Å²) < 4.78 is 16.1. The van der Waals surface area contributed by atoms with Crippen molar-refractivity contribution in [2.45, 2.75) is 38.5 Å². The molecule has 12 nitrogen and oxygen atoms in total. The quantitative estimate of drug-likeness (QED) is 0.179. The molecule has 3 aliphatic carbocycles. The van der Waals surface area contributed by atoms with Gasteiger partial charge in [0.05, 0.1) is 41.4 Å². The molecule has 0 radical (unpaired) electrons. The molecular formula is C28H34O12. The molecule has 0 aliphatic heterocycles. The van der Waals surface area contributed by atoms with E-state index in [0.29, 0.717) is 0 Å². The first-order valence-corrected chi connectivity index (χ1v) is 13.2. The predicted molar refractivity (Wildman–Crippen MR) is 135 cm³/mol. The Bertz CT molecular complexity index is 940. The number of allylic oxidation sites excluding steroid dienone is 6. The van der Waals surface area contributed by atoms with Gasteiger partial charge >= 0.3 is 35.8 Å². The van der Waals surface area contributed by atoms with E-state index in [-0.39, 0.29) is 58.3 Å². The Morgan fingerprint density at radius 2 is 0.700 bits per heavy atom. The van der Waals surface area contributed by atoms with E-state index in [1.54, 1.807) is 36.5 Å². The minimum atomic E-state index is -1.13. The number of carbonyl (C=O) groups excluding carboxylic acids is 3. The lowest BCUT2D eigenvalue weighted by atomic mass is 9.83. The molecule has 0 amide bonds. The van der Waals surface area contributed by atoms with Crippen LogP contribution in [0.1, 0.15) is 38.5 Å². The molecule has 6 atom stereocenters. The van der Waals surface area contributed by atoms with Crippen LogP contribution in [0.3, 0.4) is 0 Å². The van der Waals surface area contributed by atoms with Gasteiger partial charge in [-0.3, -0.25) is 28.8 Å². The molecule has 0 aromatic carbocycles. The van der Waals surface area contributed by atoms with Crippen molar-refractivity contribution in [3.05, 3.63) is 36.5 Å². The molecule has 0 saturated heterocycles. The second kappa shape index (κ2) is 14.4. The second-order valence-electron chi connectivity index (χ2n) is 10.2. The van der Waals surface area contributed by atoms with Crippen molar-refractivity contribution in [2.75, 3.05) is 19.8 Å². The van der Waals surface area contributed by atoms with Crippen LogP contribution in [-0.4, -0.2) is 71.0 Å². The van der Waals surface area contributed by atoms with Crippen LogP contribution < -0.4 is 0 Å². The molecule has 0 fully saturated rings. The number of hydrogen-bond acceptors (Lipinski definition) is 9. The highest BCUT2D eigenvalue weighted by atomic mass is 16.6. The van der Waals surface area contributed by atoms with Gasteiger partial charge in [-0.25, -0.2) is 0 Å². The Labute approximate surface area is 230 Å². The number of carbonyl (C=O) groups is 6. The van der Waals surface area contributed by atoms with Gasteiger partial charge in [-0.15, -0.1) is 0 Å². The summed E-state index contributed by atoms with van der Waals surface area (Å²) in [7, 11) is 0. The zero-order chi connectivity index (χ0) is 29.2. The van der Waals surface area contributed by atoms with E-state index in [1.165, 1.54) is 0 Å². The molecule has 6 unspecified atom stereocenters. The third kappa shape index (κ3) is 8.03. The summed E-state index contributed by atoms with van der Waals surface area (Å²) in [5, 5.41) is 28.3. The van der Waals surface area contributed by atoms with Crippen LogP contribution in [0, 0.1) is 41.4 Å². The number of carboxylic acid groups (broad SMARTS) is 3. The fourth-order valence-corrected chi connectivity index (χ4v) is 5.11. The van der Waals surface area contributed by atoms with Crippen molar-refractivity contribution in [1.82, 2.24) is 0 Å². The van der Waals surface area contributed by atoms with E-state index in [2.05, 4.69) is 0 Å². The summed E-state index contributed by atoms with van der Waals surface area (Å²) in [6.07, 6.45) is 11.2. The number of ether oxygens (including phenoxy) is 3. The molecule has 40 heavy (non-hydrogen) atoms. The van der Waals surface area contributed by atoms with Crippen molar-refractivity contribution >= 4 is 35.8 Å². The average Bonchev–Trinajstić information content (AvgIpc) is 2.96. The number of esters is 3. The van der Waals surface area contributed by atoms with E-state index in [9.17, 15) is 44.1 Å². The summed E-state index contributed by atoms with van der Waals surface area (Å²) in [5.41, 5.74) is 0. The van der Waals surface area contributed by atoms with E-state index >= 15 is 0 Å². The van der Waals surface area contributed by atoms with Crippen molar-refractivity contribution < 1.29 is 58.3 Å². The van der Waals surface area contributed by atoms with Gasteiger partial charge in [-0.1, -0.05) is 36.5 Å². The van der Waals surface area contributed by atoms with Crippen molar-refractivity contribution in [1.29, 1.82) is 0 Å². The zero-order valence-corrected chi connectivity index (χ0v) is 21.9. The van der Waals surface area contributed by atoms with E-state index in [4.69, 9.17) is 14.2 Å². The van der Waals surface area contributed by atoms with Crippen LogP contribution in [-0.2, 0) is 43.0 Å². The van der Waals surface area contributed by atoms with Crippen molar-refractivity contribution in [3.8, 4) is 0 Å². The molecule has 3 aliphatic rings.